The van der Waals surface area contributed by atoms with Gasteiger partial charge in [0.1, 0.15) is 5.82 Å². The molecular formula is C20H20FN3O2. The lowest BCUT2D eigenvalue weighted by Crippen LogP contribution is -2.21. The van der Waals surface area contributed by atoms with Gasteiger partial charge >= 0.3 is 0 Å². The van der Waals surface area contributed by atoms with Gasteiger partial charge in [-0.05, 0) is 42.3 Å². The summed E-state index contributed by atoms with van der Waals surface area (Å²) in [6.45, 7) is 2.30. The van der Waals surface area contributed by atoms with E-state index < -0.39 is 0 Å². The smallest absolute Gasteiger partial charge is 0.257 e. The molecular weight excluding hydrogens is 333 g/mol. The number of carbonyl (C=O) groups excluding carboxylic acids is 1. The van der Waals surface area contributed by atoms with Crippen molar-refractivity contribution in [1.82, 2.24) is 9.88 Å². The summed E-state index contributed by atoms with van der Waals surface area (Å²) in [5.41, 5.74) is 2.87. The zero-order valence-electron chi connectivity index (χ0n) is 14.2. The number of benzene rings is 2. The number of fused-ring (bicyclic) bond motifs is 1. The molecule has 3 aromatic rings. The third-order valence-corrected chi connectivity index (χ3v) is 4.73. The van der Waals surface area contributed by atoms with Gasteiger partial charge < -0.3 is 15.4 Å². The van der Waals surface area contributed by atoms with E-state index in [-0.39, 0.29) is 17.8 Å². The van der Waals surface area contributed by atoms with E-state index in [1.807, 2.05) is 24.3 Å². The molecule has 0 radical (unpaired) electrons. The summed E-state index contributed by atoms with van der Waals surface area (Å²) in [6, 6.07) is 12.0. The molecule has 134 valence electrons. The molecule has 3 N–H and O–H groups in total. The molecule has 0 aliphatic carbocycles. The number of H-pyrrole nitrogens is 1. The number of rotatable bonds is 4. The zero-order valence-corrected chi connectivity index (χ0v) is 14.2. The molecule has 1 aromatic heterocycles. The van der Waals surface area contributed by atoms with Crippen LogP contribution in [0.4, 0.5) is 10.1 Å². The number of likely N-dealkylation sites (tertiary alicyclic amines) is 1. The van der Waals surface area contributed by atoms with Crippen LogP contribution >= 0.6 is 0 Å². The van der Waals surface area contributed by atoms with Gasteiger partial charge in [0.15, 0.2) is 0 Å². The van der Waals surface area contributed by atoms with Gasteiger partial charge in [0.25, 0.3) is 5.91 Å². The second-order valence-corrected chi connectivity index (χ2v) is 6.72. The number of hydrogen-bond acceptors (Lipinski definition) is 3. The second-order valence-electron chi connectivity index (χ2n) is 6.72. The molecule has 4 rings (SSSR count). The lowest BCUT2D eigenvalue weighted by molar-refractivity contribution is 0.102. The van der Waals surface area contributed by atoms with Crippen molar-refractivity contribution in [2.24, 2.45) is 0 Å². The molecule has 2 heterocycles. The highest BCUT2D eigenvalue weighted by atomic mass is 19.1. The second kappa shape index (κ2) is 6.90. The first kappa shape index (κ1) is 16.8. The molecule has 1 fully saturated rings. The van der Waals surface area contributed by atoms with Gasteiger partial charge in [-0.2, -0.15) is 0 Å². The minimum atomic E-state index is -0.342. The van der Waals surface area contributed by atoms with Crippen molar-refractivity contribution in [3.8, 4) is 0 Å². The third kappa shape index (κ3) is 3.47. The molecule has 6 heteroatoms. The average molecular weight is 353 g/mol. The molecule has 1 saturated heterocycles. The van der Waals surface area contributed by atoms with Gasteiger partial charge in [-0.15, -0.1) is 0 Å². The number of hydrogen-bond donors (Lipinski definition) is 3. The zero-order chi connectivity index (χ0) is 18.1. The Labute approximate surface area is 150 Å². The summed E-state index contributed by atoms with van der Waals surface area (Å²) in [6.07, 6.45) is 2.15. The Bertz CT molecular complexity index is 953. The minimum Gasteiger partial charge on any atom is -0.392 e. The molecule has 0 saturated carbocycles. The maximum atomic E-state index is 13.3. The SMILES string of the molecule is O=C(Nc1cccc(CN2CCC(O)C2)c1)c1c[nH]c2cc(F)ccc12. The largest absolute Gasteiger partial charge is 0.392 e. The third-order valence-electron chi connectivity index (χ3n) is 4.73. The molecule has 1 aliphatic heterocycles. The van der Waals surface area contributed by atoms with Crippen LogP contribution < -0.4 is 5.32 Å². The number of aliphatic hydroxyl groups is 1. The maximum Gasteiger partial charge on any atom is 0.257 e. The highest BCUT2D eigenvalue weighted by Gasteiger charge is 2.20. The number of aromatic amines is 1. The van der Waals surface area contributed by atoms with Crippen molar-refractivity contribution in [2.45, 2.75) is 19.1 Å². The highest BCUT2D eigenvalue weighted by Crippen LogP contribution is 2.21. The Morgan fingerprint density at radius 1 is 1.31 bits per heavy atom. The fraction of sp³-hybridized carbons (Fsp3) is 0.250. The molecule has 1 amide bonds. The van der Waals surface area contributed by atoms with Gasteiger partial charge in [0.05, 0.1) is 11.7 Å². The molecule has 1 atom stereocenters. The van der Waals surface area contributed by atoms with Crippen LogP contribution in [0.15, 0.2) is 48.7 Å². The predicted molar refractivity (Wildman–Crippen MR) is 98.6 cm³/mol. The Balaban J connectivity index is 1.49. The lowest BCUT2D eigenvalue weighted by Gasteiger charge is -2.15. The van der Waals surface area contributed by atoms with Crippen LogP contribution in [0.3, 0.4) is 0 Å². The van der Waals surface area contributed by atoms with Gasteiger partial charge in [-0.1, -0.05) is 12.1 Å². The monoisotopic (exact) mass is 353 g/mol. The predicted octanol–water partition coefficient (Wildman–Crippen LogP) is 3.13. The molecule has 1 aliphatic rings. The number of amides is 1. The standard InChI is InChI=1S/C20H20FN3O2/c21-14-4-5-17-18(10-22-19(17)9-14)20(26)23-15-3-1-2-13(8-15)11-24-7-6-16(25)12-24/h1-5,8-10,16,22,25H,6-7,11-12H2,(H,23,26). The van der Waals surface area contributed by atoms with Crippen LogP contribution in [-0.2, 0) is 6.54 Å². The number of carbonyl (C=O) groups is 1. The molecule has 5 nitrogen and oxygen atoms in total. The van der Waals surface area contributed by atoms with Crippen LogP contribution in [0.5, 0.6) is 0 Å². The van der Waals surface area contributed by atoms with Crippen LogP contribution in [0.25, 0.3) is 10.9 Å². The van der Waals surface area contributed by atoms with E-state index in [0.29, 0.717) is 28.7 Å². The minimum absolute atomic E-state index is 0.239. The number of aromatic nitrogens is 1. The van der Waals surface area contributed by atoms with Gasteiger partial charge in [0, 0.05) is 42.4 Å². The molecule has 0 spiro atoms. The van der Waals surface area contributed by atoms with Crippen molar-refractivity contribution in [2.75, 3.05) is 18.4 Å². The summed E-state index contributed by atoms with van der Waals surface area (Å²) >= 11 is 0. The highest BCUT2D eigenvalue weighted by molar-refractivity contribution is 6.12. The number of nitrogens with one attached hydrogen (secondary N) is 2. The summed E-state index contributed by atoms with van der Waals surface area (Å²) < 4.78 is 13.3. The summed E-state index contributed by atoms with van der Waals surface area (Å²) in [5.74, 6) is -0.581. The number of halogens is 1. The summed E-state index contributed by atoms with van der Waals surface area (Å²) in [5, 5.41) is 13.2. The lowest BCUT2D eigenvalue weighted by atomic mass is 10.1. The fourth-order valence-corrected chi connectivity index (χ4v) is 3.45. The number of nitrogens with zero attached hydrogens (tertiary/aromatic N) is 1. The van der Waals surface area contributed by atoms with Gasteiger partial charge in [-0.3, -0.25) is 9.69 Å². The van der Waals surface area contributed by atoms with Gasteiger partial charge in [-0.25, -0.2) is 4.39 Å². The topological polar surface area (TPSA) is 68.4 Å². The Kier molecular flexibility index (Phi) is 4.44. The molecule has 0 bridgehead atoms. The Hall–Kier alpha value is -2.70. The Morgan fingerprint density at radius 3 is 3.00 bits per heavy atom. The van der Waals surface area contributed by atoms with E-state index in [1.54, 1.807) is 12.3 Å². The van der Waals surface area contributed by atoms with Crippen LogP contribution in [0.1, 0.15) is 22.3 Å². The van der Waals surface area contributed by atoms with E-state index in [4.69, 9.17) is 0 Å². The first-order valence-electron chi connectivity index (χ1n) is 8.66. The first-order chi connectivity index (χ1) is 12.6. The quantitative estimate of drug-likeness (QED) is 0.675. The molecule has 26 heavy (non-hydrogen) atoms. The normalized spacial score (nSPS) is 17.7. The van der Waals surface area contributed by atoms with Crippen LogP contribution in [-0.4, -0.2) is 40.1 Å². The Morgan fingerprint density at radius 2 is 2.19 bits per heavy atom. The van der Waals surface area contributed by atoms with Crippen molar-refractivity contribution >= 4 is 22.5 Å². The van der Waals surface area contributed by atoms with Crippen molar-refractivity contribution in [3.63, 3.8) is 0 Å². The van der Waals surface area contributed by atoms with Crippen LogP contribution in [0.2, 0.25) is 0 Å². The first-order valence-corrected chi connectivity index (χ1v) is 8.66. The van der Waals surface area contributed by atoms with Crippen molar-refractivity contribution in [3.05, 3.63) is 65.6 Å². The maximum absolute atomic E-state index is 13.3. The van der Waals surface area contributed by atoms with E-state index in [9.17, 15) is 14.3 Å². The van der Waals surface area contributed by atoms with Crippen molar-refractivity contribution in [1.29, 1.82) is 0 Å². The average Bonchev–Trinajstić information content (AvgIpc) is 3.21. The summed E-state index contributed by atoms with van der Waals surface area (Å²) in [4.78, 5) is 17.7. The van der Waals surface area contributed by atoms with E-state index in [0.717, 1.165) is 25.1 Å². The van der Waals surface area contributed by atoms with Gasteiger partial charge in [0.2, 0.25) is 0 Å². The van der Waals surface area contributed by atoms with E-state index >= 15 is 0 Å². The van der Waals surface area contributed by atoms with E-state index in [1.165, 1.54) is 12.1 Å². The number of anilines is 1. The fourth-order valence-electron chi connectivity index (χ4n) is 3.45. The number of aliphatic hydroxyl groups excluding tert-OH is 1. The van der Waals surface area contributed by atoms with E-state index in [2.05, 4.69) is 15.2 Å². The molecule has 2 aromatic carbocycles. The molecule has 1 unspecified atom stereocenters. The summed E-state index contributed by atoms with van der Waals surface area (Å²) in [7, 11) is 0. The van der Waals surface area contributed by atoms with Crippen molar-refractivity contribution < 1.29 is 14.3 Å². The van der Waals surface area contributed by atoms with Crippen LogP contribution in [0, 0.1) is 5.82 Å². The number of β-amino-alcohol motifs (C(OH)–C–C–N with tert-alkyl or cyclic N) is 1.